The fraction of sp³-hybridized carbons (Fsp3) is 0.538. The first kappa shape index (κ1) is 29.7. The van der Waals surface area contributed by atoms with Crippen LogP contribution in [0.4, 0.5) is 13.2 Å². The molecule has 2 fully saturated rings. The van der Waals surface area contributed by atoms with E-state index < -0.39 is 70.0 Å². The van der Waals surface area contributed by atoms with E-state index in [-0.39, 0.29) is 30.2 Å². The Kier molecular flexibility index (Phi) is 8.98. The Hall–Kier alpha value is -3.26. The van der Waals surface area contributed by atoms with Gasteiger partial charge in [-0.3, -0.25) is 14.4 Å². The largest absolute Gasteiger partial charge is 0.449 e. The molecule has 2 aromatic rings. The predicted octanol–water partition coefficient (Wildman–Crippen LogP) is 3.30. The van der Waals surface area contributed by atoms with E-state index in [1.165, 1.54) is 18.3 Å². The van der Waals surface area contributed by atoms with Crippen molar-refractivity contribution in [1.82, 2.24) is 19.9 Å². The molecular weight excluding hydrogens is 553 g/mol. The van der Waals surface area contributed by atoms with Gasteiger partial charge in [0.05, 0.1) is 12.6 Å². The van der Waals surface area contributed by atoms with Gasteiger partial charge >= 0.3 is 6.18 Å². The van der Waals surface area contributed by atoms with E-state index in [0.717, 1.165) is 36.1 Å². The summed E-state index contributed by atoms with van der Waals surface area (Å²) in [5.74, 6) is -3.99. The molecule has 4 rings (SSSR count). The lowest BCUT2D eigenvalue weighted by Gasteiger charge is -2.25. The van der Waals surface area contributed by atoms with Gasteiger partial charge in [-0.2, -0.15) is 17.5 Å². The van der Waals surface area contributed by atoms with E-state index in [4.69, 9.17) is 0 Å². The van der Waals surface area contributed by atoms with Gasteiger partial charge in [0.15, 0.2) is 16.6 Å². The summed E-state index contributed by atoms with van der Waals surface area (Å²) in [6.07, 6.45) is 0.824. The standard InChI is InChI=1S/C26H31F3N4O6S/c1-16-9-10-18(20(34)15-33(16)40(37,38)23-8-4-5-13-30-23)31-24(35)19(14-17-6-2-3-7-17)32-25(36)21-11-12-22(39-21)26(27,28)29/h4-5,8,11-13,16-19H,2-3,6-7,9-10,14-15H2,1H3,(H,31,35)(H,32,36)/t16-,18+,19+/m1/s1. The molecule has 1 aliphatic carbocycles. The number of pyridine rings is 1. The second-order valence-electron chi connectivity index (χ2n) is 10.2. The van der Waals surface area contributed by atoms with Gasteiger partial charge in [0, 0.05) is 12.2 Å². The van der Waals surface area contributed by atoms with Crippen LogP contribution in [0.25, 0.3) is 0 Å². The predicted molar refractivity (Wildman–Crippen MR) is 135 cm³/mol. The Morgan fingerprint density at radius 2 is 1.85 bits per heavy atom. The average Bonchev–Trinajstić information content (AvgIpc) is 3.59. The second kappa shape index (κ2) is 12.1. The molecule has 2 N–H and O–H groups in total. The summed E-state index contributed by atoms with van der Waals surface area (Å²) in [6.45, 7) is 1.19. The van der Waals surface area contributed by atoms with Crippen LogP contribution in [0.5, 0.6) is 0 Å². The molecule has 0 aromatic carbocycles. The van der Waals surface area contributed by atoms with Crippen molar-refractivity contribution in [2.45, 2.75) is 81.2 Å². The molecule has 0 radical (unpaired) electrons. The van der Waals surface area contributed by atoms with Crippen LogP contribution in [-0.4, -0.2) is 60.0 Å². The van der Waals surface area contributed by atoms with E-state index in [1.807, 2.05) is 0 Å². The number of aromatic nitrogens is 1. The highest BCUT2D eigenvalue weighted by Gasteiger charge is 2.39. The lowest BCUT2D eigenvalue weighted by atomic mass is 9.97. The van der Waals surface area contributed by atoms with Gasteiger partial charge in [0.1, 0.15) is 6.04 Å². The second-order valence-corrected chi connectivity index (χ2v) is 12.1. The first-order chi connectivity index (χ1) is 18.9. The van der Waals surface area contributed by atoms with Gasteiger partial charge in [-0.1, -0.05) is 31.7 Å². The number of carbonyl (C=O) groups is 3. The number of nitrogens with zero attached hydrogens (tertiary/aromatic N) is 2. The van der Waals surface area contributed by atoms with Crippen LogP contribution in [0, 0.1) is 5.92 Å². The minimum absolute atomic E-state index is 0.113. The van der Waals surface area contributed by atoms with Crippen LogP contribution < -0.4 is 10.6 Å². The third-order valence-corrected chi connectivity index (χ3v) is 9.24. The molecule has 1 aliphatic heterocycles. The Labute approximate surface area is 229 Å². The summed E-state index contributed by atoms with van der Waals surface area (Å²) in [7, 11) is -4.07. The van der Waals surface area contributed by atoms with E-state index in [0.29, 0.717) is 6.07 Å². The number of sulfonamides is 1. The van der Waals surface area contributed by atoms with E-state index in [2.05, 4.69) is 20.0 Å². The fourth-order valence-electron chi connectivity index (χ4n) is 5.15. The van der Waals surface area contributed by atoms with Crippen molar-refractivity contribution in [3.8, 4) is 0 Å². The molecule has 0 bridgehead atoms. The van der Waals surface area contributed by atoms with E-state index >= 15 is 0 Å². The van der Waals surface area contributed by atoms with Crippen molar-refractivity contribution in [3.05, 3.63) is 48.0 Å². The normalized spacial score (nSPS) is 22.1. The van der Waals surface area contributed by atoms with Gasteiger partial charge < -0.3 is 15.1 Å². The first-order valence-electron chi connectivity index (χ1n) is 13.1. The topological polar surface area (TPSA) is 139 Å². The van der Waals surface area contributed by atoms with Crippen LogP contribution in [0.2, 0.25) is 0 Å². The molecular formula is C26H31F3N4O6S. The first-order valence-corrected chi connectivity index (χ1v) is 14.5. The highest BCUT2D eigenvalue weighted by molar-refractivity contribution is 7.89. The maximum atomic E-state index is 13.3. The number of hydrogen-bond acceptors (Lipinski definition) is 7. The summed E-state index contributed by atoms with van der Waals surface area (Å²) in [5, 5.41) is 4.93. The molecule has 218 valence electrons. The maximum Gasteiger partial charge on any atom is 0.449 e. The zero-order valence-corrected chi connectivity index (χ0v) is 22.6. The molecule has 2 aliphatic rings. The molecule has 0 spiro atoms. The van der Waals surface area contributed by atoms with Crippen molar-refractivity contribution in [2.75, 3.05) is 6.54 Å². The number of Topliss-reactive ketones (excluding diaryl/α,β-unsaturated/α-hetero) is 1. The minimum atomic E-state index is -4.77. The third-order valence-electron chi connectivity index (χ3n) is 7.37. The third kappa shape index (κ3) is 6.89. The monoisotopic (exact) mass is 584 g/mol. The van der Waals surface area contributed by atoms with E-state index in [9.17, 15) is 36.0 Å². The molecule has 14 heteroatoms. The van der Waals surface area contributed by atoms with Crippen LogP contribution in [0.3, 0.4) is 0 Å². The molecule has 1 saturated carbocycles. The summed E-state index contributed by atoms with van der Waals surface area (Å²) < 4.78 is 70.7. The highest BCUT2D eigenvalue weighted by Crippen LogP contribution is 2.31. The summed E-state index contributed by atoms with van der Waals surface area (Å²) in [4.78, 5) is 43.1. The van der Waals surface area contributed by atoms with Crippen molar-refractivity contribution < 1.29 is 40.4 Å². The number of rotatable bonds is 8. The van der Waals surface area contributed by atoms with Crippen LogP contribution in [-0.2, 0) is 25.8 Å². The van der Waals surface area contributed by atoms with Crippen LogP contribution >= 0.6 is 0 Å². The molecule has 0 unspecified atom stereocenters. The zero-order chi connectivity index (χ0) is 29.1. The quantitative estimate of drug-likeness (QED) is 0.486. The molecule has 2 aromatic heterocycles. The van der Waals surface area contributed by atoms with Crippen molar-refractivity contribution in [2.24, 2.45) is 5.92 Å². The summed E-state index contributed by atoms with van der Waals surface area (Å²) in [6, 6.07) is 3.27. The Morgan fingerprint density at radius 3 is 2.48 bits per heavy atom. The number of ketones is 1. The maximum absolute atomic E-state index is 13.3. The highest BCUT2D eigenvalue weighted by atomic mass is 32.2. The zero-order valence-electron chi connectivity index (χ0n) is 21.8. The number of furan rings is 1. The van der Waals surface area contributed by atoms with Gasteiger partial charge in [-0.25, -0.2) is 13.4 Å². The van der Waals surface area contributed by atoms with Gasteiger partial charge in [0.25, 0.3) is 15.9 Å². The Bertz CT molecular complexity index is 1330. The molecule has 3 atom stereocenters. The smallest absolute Gasteiger partial charge is 0.446 e. The molecule has 40 heavy (non-hydrogen) atoms. The lowest BCUT2D eigenvalue weighted by Crippen LogP contribution is -2.52. The summed E-state index contributed by atoms with van der Waals surface area (Å²) >= 11 is 0. The van der Waals surface area contributed by atoms with Gasteiger partial charge in [-0.05, 0) is 56.4 Å². The van der Waals surface area contributed by atoms with Gasteiger partial charge in [-0.15, -0.1) is 0 Å². The average molecular weight is 585 g/mol. The number of carbonyl (C=O) groups excluding carboxylic acids is 3. The molecule has 10 nitrogen and oxygen atoms in total. The molecule has 1 saturated heterocycles. The van der Waals surface area contributed by atoms with E-state index in [1.54, 1.807) is 13.0 Å². The fourth-order valence-corrected chi connectivity index (χ4v) is 6.71. The SMILES string of the molecule is C[C@@H]1CC[C@H](NC(=O)[C@H](CC2CCCC2)NC(=O)c2ccc(C(F)(F)F)o2)C(=O)CN1S(=O)(=O)c1ccccn1. The van der Waals surface area contributed by atoms with Crippen molar-refractivity contribution in [3.63, 3.8) is 0 Å². The van der Waals surface area contributed by atoms with Gasteiger partial charge in [0.2, 0.25) is 11.7 Å². The number of halogens is 3. The lowest BCUT2D eigenvalue weighted by molar-refractivity contribution is -0.153. The molecule has 3 heterocycles. The molecule has 2 amide bonds. The summed E-state index contributed by atoms with van der Waals surface area (Å²) in [5.41, 5.74) is 0. The number of alkyl halides is 3. The van der Waals surface area contributed by atoms with Crippen LogP contribution in [0.15, 0.2) is 46.0 Å². The number of hydrogen-bond donors (Lipinski definition) is 2. The number of nitrogens with one attached hydrogen (secondary N) is 2. The van der Waals surface area contributed by atoms with Crippen molar-refractivity contribution >= 4 is 27.6 Å². The number of amides is 2. The van der Waals surface area contributed by atoms with Crippen LogP contribution in [0.1, 0.15) is 68.2 Å². The Morgan fingerprint density at radius 1 is 1.12 bits per heavy atom. The Balaban J connectivity index is 1.47. The minimum Gasteiger partial charge on any atom is -0.446 e. The van der Waals surface area contributed by atoms with Crippen molar-refractivity contribution in [1.29, 1.82) is 0 Å².